The van der Waals surface area contributed by atoms with Gasteiger partial charge >= 0.3 is 6.03 Å². The molecule has 1 aliphatic rings. The number of nitrogens with one attached hydrogen (secondary N) is 2. The van der Waals surface area contributed by atoms with Gasteiger partial charge in [0.2, 0.25) is 0 Å². The quantitative estimate of drug-likeness (QED) is 0.796. The van der Waals surface area contributed by atoms with Crippen LogP contribution in [0.2, 0.25) is 0 Å². The first-order valence-electron chi connectivity index (χ1n) is 5.42. The van der Waals surface area contributed by atoms with Gasteiger partial charge in [-0.15, -0.1) is 11.3 Å². The Balaban J connectivity index is 2.03. The van der Waals surface area contributed by atoms with Gasteiger partial charge in [-0.2, -0.15) is 0 Å². The molecule has 1 aromatic rings. The molecular weight excluding hydrogens is 208 g/mol. The fraction of sp³-hybridized carbons (Fsp3) is 0.545. The van der Waals surface area contributed by atoms with Crippen molar-refractivity contribution in [2.45, 2.75) is 32.2 Å². The minimum Gasteiger partial charge on any atom is -0.338 e. The van der Waals surface area contributed by atoms with Crippen LogP contribution in [-0.2, 0) is 6.42 Å². The number of carbonyl (C=O) groups is 1. The lowest BCUT2D eigenvalue weighted by atomic mass is 9.94. The largest absolute Gasteiger partial charge is 0.338 e. The van der Waals surface area contributed by atoms with E-state index in [-0.39, 0.29) is 12.1 Å². The Labute approximate surface area is 93.9 Å². The van der Waals surface area contributed by atoms with Crippen LogP contribution >= 0.6 is 11.3 Å². The van der Waals surface area contributed by atoms with Crippen molar-refractivity contribution in [3.8, 4) is 0 Å². The summed E-state index contributed by atoms with van der Waals surface area (Å²) in [5.74, 6) is 0. The Kier molecular flexibility index (Phi) is 3.26. The molecule has 2 rings (SSSR count). The van der Waals surface area contributed by atoms with E-state index in [4.69, 9.17) is 0 Å². The van der Waals surface area contributed by atoms with Gasteiger partial charge in [0.15, 0.2) is 0 Å². The third-order valence-electron chi connectivity index (χ3n) is 2.69. The van der Waals surface area contributed by atoms with Crippen LogP contribution in [0.15, 0.2) is 11.4 Å². The standard InChI is InChI=1S/C11H16N2OS/c1-2-12-11(14)13-9-4-3-5-10-8(9)6-7-15-10/h6-7,9H,2-5H2,1H3,(H2,12,13,14). The van der Waals surface area contributed by atoms with Crippen LogP contribution in [0.4, 0.5) is 4.79 Å². The second-order valence-electron chi connectivity index (χ2n) is 3.75. The summed E-state index contributed by atoms with van der Waals surface area (Å²) in [7, 11) is 0. The van der Waals surface area contributed by atoms with E-state index >= 15 is 0 Å². The van der Waals surface area contributed by atoms with Crippen LogP contribution in [-0.4, -0.2) is 12.6 Å². The maximum Gasteiger partial charge on any atom is 0.315 e. The van der Waals surface area contributed by atoms with Crippen molar-refractivity contribution in [3.05, 3.63) is 21.9 Å². The molecule has 0 saturated carbocycles. The summed E-state index contributed by atoms with van der Waals surface area (Å²) in [6.45, 7) is 2.60. The molecule has 82 valence electrons. The van der Waals surface area contributed by atoms with Crippen molar-refractivity contribution >= 4 is 17.4 Å². The lowest BCUT2D eigenvalue weighted by Crippen LogP contribution is -2.38. The van der Waals surface area contributed by atoms with Crippen molar-refractivity contribution in [1.82, 2.24) is 10.6 Å². The molecular formula is C11H16N2OS. The average Bonchev–Trinajstić information content (AvgIpc) is 2.67. The van der Waals surface area contributed by atoms with Crippen molar-refractivity contribution < 1.29 is 4.79 Å². The first-order valence-corrected chi connectivity index (χ1v) is 6.30. The molecule has 0 bridgehead atoms. The second kappa shape index (κ2) is 4.66. The molecule has 1 atom stereocenters. The van der Waals surface area contributed by atoms with Crippen molar-refractivity contribution in [2.24, 2.45) is 0 Å². The highest BCUT2D eigenvalue weighted by molar-refractivity contribution is 7.10. The summed E-state index contributed by atoms with van der Waals surface area (Å²) in [5, 5.41) is 7.90. The van der Waals surface area contributed by atoms with Gasteiger partial charge in [0.25, 0.3) is 0 Å². The van der Waals surface area contributed by atoms with Gasteiger partial charge in [-0.1, -0.05) is 0 Å². The van der Waals surface area contributed by atoms with Crippen molar-refractivity contribution in [3.63, 3.8) is 0 Å². The number of fused-ring (bicyclic) bond motifs is 1. The lowest BCUT2D eigenvalue weighted by Gasteiger charge is -2.23. The van der Waals surface area contributed by atoms with E-state index < -0.39 is 0 Å². The molecule has 0 radical (unpaired) electrons. The van der Waals surface area contributed by atoms with E-state index in [9.17, 15) is 4.79 Å². The van der Waals surface area contributed by atoms with Gasteiger partial charge in [-0.3, -0.25) is 0 Å². The summed E-state index contributed by atoms with van der Waals surface area (Å²) >= 11 is 1.80. The molecule has 0 aliphatic heterocycles. The lowest BCUT2D eigenvalue weighted by molar-refractivity contribution is 0.236. The van der Waals surface area contributed by atoms with Crippen LogP contribution in [0.3, 0.4) is 0 Å². The number of amides is 2. The molecule has 2 N–H and O–H groups in total. The number of urea groups is 1. The fourth-order valence-electron chi connectivity index (χ4n) is 2.01. The highest BCUT2D eigenvalue weighted by Crippen LogP contribution is 2.32. The number of hydrogen-bond donors (Lipinski definition) is 2. The molecule has 1 aromatic heterocycles. The topological polar surface area (TPSA) is 41.1 Å². The predicted octanol–water partition coefficient (Wildman–Crippen LogP) is 2.44. The minimum atomic E-state index is -0.0541. The van der Waals surface area contributed by atoms with Gasteiger partial charge in [-0.25, -0.2) is 4.79 Å². The first-order chi connectivity index (χ1) is 7.31. The van der Waals surface area contributed by atoms with Crippen LogP contribution in [0.5, 0.6) is 0 Å². The maximum absolute atomic E-state index is 11.4. The number of carbonyl (C=O) groups excluding carboxylic acids is 1. The third-order valence-corrected chi connectivity index (χ3v) is 3.69. The number of rotatable bonds is 2. The molecule has 0 fully saturated rings. The van der Waals surface area contributed by atoms with Crippen LogP contribution < -0.4 is 10.6 Å². The third kappa shape index (κ3) is 2.31. The molecule has 0 aromatic carbocycles. The summed E-state index contributed by atoms with van der Waals surface area (Å²) in [4.78, 5) is 12.9. The molecule has 1 heterocycles. The number of hydrogen-bond acceptors (Lipinski definition) is 2. The highest BCUT2D eigenvalue weighted by atomic mass is 32.1. The van der Waals surface area contributed by atoms with E-state index in [1.165, 1.54) is 23.3 Å². The summed E-state index contributed by atoms with van der Waals surface area (Å²) in [5.41, 5.74) is 1.32. The zero-order valence-corrected chi connectivity index (χ0v) is 9.69. The van der Waals surface area contributed by atoms with Crippen LogP contribution in [0.1, 0.15) is 36.2 Å². The monoisotopic (exact) mass is 224 g/mol. The molecule has 15 heavy (non-hydrogen) atoms. The van der Waals surface area contributed by atoms with Gasteiger partial charge in [0, 0.05) is 11.4 Å². The predicted molar refractivity (Wildman–Crippen MR) is 62.2 cm³/mol. The van der Waals surface area contributed by atoms with Crippen LogP contribution in [0, 0.1) is 0 Å². The zero-order chi connectivity index (χ0) is 10.7. The Morgan fingerprint density at radius 1 is 1.67 bits per heavy atom. The average molecular weight is 224 g/mol. The Morgan fingerprint density at radius 3 is 3.33 bits per heavy atom. The van der Waals surface area contributed by atoms with Gasteiger partial charge in [0.1, 0.15) is 0 Å². The Bertz CT molecular complexity index is 348. The molecule has 4 heteroatoms. The van der Waals surface area contributed by atoms with Crippen molar-refractivity contribution in [2.75, 3.05) is 6.54 Å². The molecule has 2 amide bonds. The molecule has 1 unspecified atom stereocenters. The summed E-state index contributed by atoms with van der Waals surface area (Å²) < 4.78 is 0. The number of aryl methyl sites for hydroxylation is 1. The van der Waals surface area contributed by atoms with Crippen molar-refractivity contribution in [1.29, 1.82) is 0 Å². The van der Waals surface area contributed by atoms with E-state index in [1.807, 2.05) is 6.92 Å². The SMILES string of the molecule is CCNC(=O)NC1CCCc2sccc21. The number of thiophene rings is 1. The second-order valence-corrected chi connectivity index (χ2v) is 4.75. The van der Waals surface area contributed by atoms with Gasteiger partial charge < -0.3 is 10.6 Å². The normalized spacial score (nSPS) is 19.4. The van der Waals surface area contributed by atoms with Gasteiger partial charge in [-0.05, 0) is 43.2 Å². The smallest absolute Gasteiger partial charge is 0.315 e. The van der Waals surface area contributed by atoms with E-state index in [1.54, 1.807) is 11.3 Å². The fourth-order valence-corrected chi connectivity index (χ4v) is 2.99. The molecule has 0 spiro atoms. The summed E-state index contributed by atoms with van der Waals surface area (Å²) in [6.07, 6.45) is 3.39. The van der Waals surface area contributed by atoms with E-state index in [0.29, 0.717) is 6.54 Å². The van der Waals surface area contributed by atoms with Gasteiger partial charge in [0.05, 0.1) is 6.04 Å². The molecule has 1 aliphatic carbocycles. The molecule has 0 saturated heterocycles. The Morgan fingerprint density at radius 2 is 2.53 bits per heavy atom. The summed E-state index contributed by atoms with van der Waals surface area (Å²) in [6, 6.07) is 2.30. The minimum absolute atomic E-state index is 0.0541. The first kappa shape index (κ1) is 10.5. The Hall–Kier alpha value is -1.03. The van der Waals surface area contributed by atoms with E-state index in [2.05, 4.69) is 22.1 Å². The van der Waals surface area contributed by atoms with Crippen LogP contribution in [0.25, 0.3) is 0 Å². The maximum atomic E-state index is 11.4. The molecule has 3 nitrogen and oxygen atoms in total. The zero-order valence-electron chi connectivity index (χ0n) is 8.88. The van der Waals surface area contributed by atoms with E-state index in [0.717, 1.165) is 6.42 Å². The highest BCUT2D eigenvalue weighted by Gasteiger charge is 2.22.